The molecule has 0 aliphatic heterocycles. The number of hydrogen-bond acceptors (Lipinski definition) is 10. The van der Waals surface area contributed by atoms with Crippen molar-refractivity contribution in [3.63, 3.8) is 0 Å². The van der Waals surface area contributed by atoms with Crippen LogP contribution in [-0.2, 0) is 35.0 Å². The van der Waals surface area contributed by atoms with Crippen LogP contribution >= 0.6 is 0 Å². The maximum absolute atomic E-state index is 12.5. The summed E-state index contributed by atoms with van der Waals surface area (Å²) >= 11 is 0. The van der Waals surface area contributed by atoms with Gasteiger partial charge in [-0.1, -0.05) is 53.0 Å². The third kappa shape index (κ3) is 12.9. The van der Waals surface area contributed by atoms with Gasteiger partial charge in [0.2, 0.25) is 0 Å². The minimum atomic E-state index is -1.03. The summed E-state index contributed by atoms with van der Waals surface area (Å²) in [5.74, 6) is -1.06. The molecule has 230 valence electrons. The van der Waals surface area contributed by atoms with Gasteiger partial charge in [-0.15, -0.1) is 0 Å². The Labute approximate surface area is 243 Å². The van der Waals surface area contributed by atoms with Gasteiger partial charge in [0.15, 0.2) is 11.5 Å². The fraction of sp³-hybridized carbons (Fsp3) is 0.677. The molecular formula is C31H47NO9. The SMILES string of the molecule is CCC(C)CC(=O)Oc1ccc(C[C@H](N)C(=O)OC[C@H](C)OC(=O)OC2CCCCC2)cc1OC(=O)CC(C)CC. The monoisotopic (exact) mass is 577 g/mol. The summed E-state index contributed by atoms with van der Waals surface area (Å²) < 4.78 is 26.9. The smallest absolute Gasteiger partial charge is 0.461 e. The van der Waals surface area contributed by atoms with Crippen molar-refractivity contribution in [1.82, 2.24) is 0 Å². The van der Waals surface area contributed by atoms with Gasteiger partial charge in [0.1, 0.15) is 24.9 Å². The molecule has 10 heteroatoms. The molecule has 0 bridgehead atoms. The Morgan fingerprint density at radius 2 is 1.46 bits per heavy atom. The van der Waals surface area contributed by atoms with Gasteiger partial charge in [0, 0.05) is 12.8 Å². The van der Waals surface area contributed by atoms with Crippen LogP contribution in [-0.4, -0.2) is 48.9 Å². The first-order valence-electron chi connectivity index (χ1n) is 14.8. The number of nitrogens with two attached hydrogens (primary N) is 1. The second kappa shape index (κ2) is 17.6. The van der Waals surface area contributed by atoms with Crippen LogP contribution in [0.5, 0.6) is 11.5 Å². The van der Waals surface area contributed by atoms with Gasteiger partial charge in [-0.05, 0) is 68.6 Å². The molecule has 41 heavy (non-hydrogen) atoms. The predicted molar refractivity (Wildman–Crippen MR) is 152 cm³/mol. The first-order valence-corrected chi connectivity index (χ1v) is 14.8. The molecule has 1 aliphatic carbocycles. The Kier molecular flexibility index (Phi) is 14.6. The number of benzene rings is 1. The van der Waals surface area contributed by atoms with Crippen molar-refractivity contribution in [2.45, 2.75) is 117 Å². The summed E-state index contributed by atoms with van der Waals surface area (Å²) in [7, 11) is 0. The van der Waals surface area contributed by atoms with Crippen LogP contribution in [0.1, 0.15) is 98.0 Å². The van der Waals surface area contributed by atoms with E-state index in [1.165, 1.54) is 6.07 Å². The molecule has 2 unspecified atom stereocenters. The van der Waals surface area contributed by atoms with E-state index in [0.717, 1.165) is 44.9 Å². The third-order valence-electron chi connectivity index (χ3n) is 7.21. The summed E-state index contributed by atoms with van der Waals surface area (Å²) in [5.41, 5.74) is 6.67. The fourth-order valence-corrected chi connectivity index (χ4v) is 4.22. The minimum Gasteiger partial charge on any atom is -0.461 e. The lowest BCUT2D eigenvalue weighted by Gasteiger charge is -2.22. The summed E-state index contributed by atoms with van der Waals surface area (Å²) in [6.45, 7) is 9.30. The van der Waals surface area contributed by atoms with Crippen molar-refractivity contribution in [3.05, 3.63) is 23.8 Å². The van der Waals surface area contributed by atoms with Crippen LogP contribution in [0, 0.1) is 11.8 Å². The molecule has 0 aromatic heterocycles. The van der Waals surface area contributed by atoms with Crippen molar-refractivity contribution in [1.29, 1.82) is 0 Å². The molecule has 4 atom stereocenters. The highest BCUT2D eigenvalue weighted by Gasteiger charge is 2.23. The topological polar surface area (TPSA) is 140 Å². The molecule has 1 aliphatic rings. The van der Waals surface area contributed by atoms with E-state index in [1.807, 2.05) is 27.7 Å². The van der Waals surface area contributed by atoms with Crippen LogP contribution in [0.15, 0.2) is 18.2 Å². The minimum absolute atomic E-state index is 0.0782. The van der Waals surface area contributed by atoms with Crippen molar-refractivity contribution in [2.24, 2.45) is 17.6 Å². The first kappa shape index (κ1) is 34.1. The third-order valence-corrected chi connectivity index (χ3v) is 7.21. The van der Waals surface area contributed by atoms with Gasteiger partial charge in [-0.25, -0.2) is 4.79 Å². The van der Waals surface area contributed by atoms with E-state index in [-0.39, 0.29) is 55.3 Å². The molecule has 0 amide bonds. The second-order valence-electron chi connectivity index (χ2n) is 11.2. The molecule has 1 aromatic rings. The number of rotatable bonds is 15. The van der Waals surface area contributed by atoms with E-state index >= 15 is 0 Å². The Bertz CT molecular complexity index is 1010. The number of carbonyl (C=O) groups is 4. The zero-order chi connectivity index (χ0) is 30.4. The lowest BCUT2D eigenvalue weighted by Crippen LogP contribution is -2.36. The molecule has 1 aromatic carbocycles. The standard InChI is InChI=1S/C31H47NO9/c1-6-20(3)15-28(33)40-26-14-13-23(18-27(26)41-29(34)16-21(4)7-2)17-25(32)30(35)37-19-22(5)38-31(36)39-24-11-9-8-10-12-24/h13-14,18,20-22,24-25H,6-12,15-17,19,32H2,1-5H3/t20?,21?,22-,25-/m0/s1. The quantitative estimate of drug-likeness (QED) is 0.205. The van der Waals surface area contributed by atoms with E-state index < -0.39 is 36.2 Å². The van der Waals surface area contributed by atoms with E-state index in [1.54, 1.807) is 19.1 Å². The Morgan fingerprint density at radius 3 is 2.05 bits per heavy atom. The molecule has 2 rings (SSSR count). The summed E-state index contributed by atoms with van der Waals surface area (Å²) in [5, 5.41) is 0. The van der Waals surface area contributed by atoms with Gasteiger partial charge >= 0.3 is 24.1 Å². The summed E-state index contributed by atoms with van der Waals surface area (Å²) in [4.78, 5) is 49.5. The van der Waals surface area contributed by atoms with Crippen LogP contribution < -0.4 is 15.2 Å². The normalized spacial score (nSPS) is 16.5. The maximum atomic E-state index is 12.5. The largest absolute Gasteiger partial charge is 0.508 e. The number of esters is 3. The molecule has 0 radical (unpaired) electrons. The summed E-state index contributed by atoms with van der Waals surface area (Å²) in [6.07, 6.45) is 5.40. The number of ether oxygens (including phenoxy) is 5. The summed E-state index contributed by atoms with van der Waals surface area (Å²) in [6, 6.07) is 3.69. The number of hydrogen-bond donors (Lipinski definition) is 1. The lowest BCUT2D eigenvalue weighted by atomic mass is 9.98. The second-order valence-corrected chi connectivity index (χ2v) is 11.2. The highest BCUT2D eigenvalue weighted by molar-refractivity contribution is 5.77. The average molecular weight is 578 g/mol. The van der Waals surface area contributed by atoms with E-state index in [4.69, 9.17) is 29.4 Å². The van der Waals surface area contributed by atoms with Crippen LogP contribution in [0.2, 0.25) is 0 Å². The predicted octanol–water partition coefficient (Wildman–Crippen LogP) is 5.66. The average Bonchev–Trinajstić information content (AvgIpc) is 2.93. The fourth-order valence-electron chi connectivity index (χ4n) is 4.22. The van der Waals surface area contributed by atoms with E-state index in [0.29, 0.717) is 5.56 Å². The molecular weight excluding hydrogens is 530 g/mol. The molecule has 0 heterocycles. The zero-order valence-corrected chi connectivity index (χ0v) is 25.1. The van der Waals surface area contributed by atoms with Gasteiger partial charge in [-0.2, -0.15) is 0 Å². The van der Waals surface area contributed by atoms with E-state index in [9.17, 15) is 19.2 Å². The van der Waals surface area contributed by atoms with Gasteiger partial charge < -0.3 is 29.4 Å². The van der Waals surface area contributed by atoms with Crippen LogP contribution in [0.25, 0.3) is 0 Å². The zero-order valence-electron chi connectivity index (χ0n) is 25.1. The molecule has 0 spiro atoms. The van der Waals surface area contributed by atoms with Crippen molar-refractivity contribution in [2.75, 3.05) is 6.61 Å². The van der Waals surface area contributed by atoms with Gasteiger partial charge in [0.25, 0.3) is 0 Å². The Morgan fingerprint density at radius 1 is 0.878 bits per heavy atom. The molecule has 1 saturated carbocycles. The Balaban J connectivity index is 1.96. The molecule has 2 N–H and O–H groups in total. The van der Waals surface area contributed by atoms with Gasteiger partial charge in [0.05, 0.1) is 0 Å². The van der Waals surface area contributed by atoms with Crippen LogP contribution in [0.4, 0.5) is 4.79 Å². The number of carbonyl (C=O) groups excluding carboxylic acids is 4. The van der Waals surface area contributed by atoms with Crippen molar-refractivity contribution in [3.8, 4) is 11.5 Å². The first-order chi connectivity index (χ1) is 19.5. The molecule has 1 fully saturated rings. The highest BCUT2D eigenvalue weighted by Crippen LogP contribution is 2.31. The van der Waals surface area contributed by atoms with Gasteiger partial charge in [-0.3, -0.25) is 14.4 Å². The van der Waals surface area contributed by atoms with Crippen molar-refractivity contribution < 1.29 is 42.9 Å². The Hall–Kier alpha value is -3.14. The van der Waals surface area contributed by atoms with E-state index in [2.05, 4.69) is 0 Å². The lowest BCUT2D eigenvalue weighted by molar-refractivity contribution is -0.148. The van der Waals surface area contributed by atoms with Crippen LogP contribution in [0.3, 0.4) is 0 Å². The van der Waals surface area contributed by atoms with Crippen molar-refractivity contribution >= 4 is 24.1 Å². The molecule has 0 saturated heterocycles. The molecule has 10 nitrogen and oxygen atoms in total. The maximum Gasteiger partial charge on any atom is 0.508 e. The highest BCUT2D eigenvalue weighted by atomic mass is 16.7.